The summed E-state index contributed by atoms with van der Waals surface area (Å²) >= 11 is 6.29. The summed E-state index contributed by atoms with van der Waals surface area (Å²) in [4.78, 5) is 16.7. The summed E-state index contributed by atoms with van der Waals surface area (Å²) in [6.45, 7) is 5.44. The molecule has 0 saturated carbocycles. The molecule has 0 bridgehead atoms. The Bertz CT molecular complexity index is 831. The molecule has 1 heterocycles. The lowest BCUT2D eigenvalue weighted by Gasteiger charge is -2.35. The number of hydrogen-bond donors (Lipinski definition) is 0. The number of anilines is 1. The number of piperazine rings is 1. The van der Waals surface area contributed by atoms with Crippen LogP contribution in [0.4, 0.5) is 5.69 Å². The van der Waals surface area contributed by atoms with Crippen molar-refractivity contribution in [3.8, 4) is 11.5 Å². The van der Waals surface area contributed by atoms with Gasteiger partial charge in [-0.2, -0.15) is 0 Å². The molecule has 2 aromatic carbocycles. The normalized spacial score (nSPS) is 14.4. The van der Waals surface area contributed by atoms with Gasteiger partial charge in [-0.1, -0.05) is 29.8 Å². The molecule has 1 aliphatic rings. The summed E-state index contributed by atoms with van der Waals surface area (Å²) in [5, 5.41) is 0.463. The first-order valence-corrected chi connectivity index (χ1v) is 9.77. The molecule has 2 aromatic rings. The van der Waals surface area contributed by atoms with Gasteiger partial charge < -0.3 is 19.3 Å². The fraction of sp³-hybridized carbons (Fsp3) is 0.318. The lowest BCUT2D eigenvalue weighted by molar-refractivity contribution is -0.126. The van der Waals surface area contributed by atoms with Crippen LogP contribution < -0.4 is 14.4 Å². The zero-order valence-corrected chi connectivity index (χ0v) is 17.0. The van der Waals surface area contributed by atoms with Gasteiger partial charge in [-0.3, -0.25) is 4.79 Å². The fourth-order valence-electron chi connectivity index (χ4n) is 3.22. The smallest absolute Gasteiger partial charge is 0.246 e. The van der Waals surface area contributed by atoms with Crippen LogP contribution in [0, 0.1) is 0 Å². The number of carbonyl (C=O) groups excluding carboxylic acids is 1. The first-order chi connectivity index (χ1) is 13.6. The molecule has 1 fully saturated rings. The van der Waals surface area contributed by atoms with Crippen molar-refractivity contribution in [2.24, 2.45) is 0 Å². The van der Waals surface area contributed by atoms with E-state index in [1.807, 2.05) is 36.1 Å². The van der Waals surface area contributed by atoms with Crippen molar-refractivity contribution in [1.29, 1.82) is 0 Å². The lowest BCUT2D eigenvalue weighted by atomic mass is 10.1. The molecule has 28 heavy (non-hydrogen) atoms. The predicted molar refractivity (Wildman–Crippen MR) is 113 cm³/mol. The number of para-hydroxylation sites is 1. The van der Waals surface area contributed by atoms with Crippen LogP contribution in [0.1, 0.15) is 12.5 Å². The molecule has 6 heteroatoms. The van der Waals surface area contributed by atoms with E-state index in [1.54, 1.807) is 25.3 Å². The van der Waals surface area contributed by atoms with Gasteiger partial charge in [0.15, 0.2) is 11.5 Å². The Kier molecular flexibility index (Phi) is 6.82. The number of ether oxygens (including phenoxy) is 2. The van der Waals surface area contributed by atoms with Gasteiger partial charge in [-0.05, 0) is 42.8 Å². The van der Waals surface area contributed by atoms with Crippen molar-refractivity contribution in [2.45, 2.75) is 6.92 Å². The number of halogens is 1. The summed E-state index contributed by atoms with van der Waals surface area (Å²) in [6.07, 6.45) is 3.35. The van der Waals surface area contributed by atoms with Gasteiger partial charge in [0, 0.05) is 37.9 Å². The number of carbonyl (C=O) groups is 1. The van der Waals surface area contributed by atoms with Gasteiger partial charge in [0.25, 0.3) is 0 Å². The van der Waals surface area contributed by atoms with Gasteiger partial charge in [-0.25, -0.2) is 0 Å². The molecular formula is C22H25ClN2O3. The van der Waals surface area contributed by atoms with E-state index in [0.717, 1.165) is 18.7 Å². The first kappa shape index (κ1) is 20.1. The molecule has 0 atom stereocenters. The molecule has 0 unspecified atom stereocenters. The van der Waals surface area contributed by atoms with Gasteiger partial charge in [0.2, 0.25) is 5.91 Å². The maximum absolute atomic E-state index is 12.6. The SMILES string of the molecule is CCOc1c(Cl)cc(C=CC(=O)N2CCN(c3ccccc3)CC2)cc1OC. The maximum atomic E-state index is 12.6. The van der Waals surface area contributed by atoms with Crippen molar-refractivity contribution in [3.05, 3.63) is 59.1 Å². The fourth-order valence-corrected chi connectivity index (χ4v) is 3.49. The van der Waals surface area contributed by atoms with Gasteiger partial charge >= 0.3 is 0 Å². The zero-order valence-electron chi connectivity index (χ0n) is 16.2. The average molecular weight is 401 g/mol. The number of hydrogen-bond acceptors (Lipinski definition) is 4. The molecule has 0 spiro atoms. The number of benzene rings is 2. The summed E-state index contributed by atoms with van der Waals surface area (Å²) in [5.41, 5.74) is 1.99. The number of amides is 1. The second-order valence-corrected chi connectivity index (χ2v) is 6.86. The van der Waals surface area contributed by atoms with Gasteiger partial charge in [0.1, 0.15) is 0 Å². The molecule has 5 nitrogen and oxygen atoms in total. The second kappa shape index (κ2) is 9.51. The molecule has 0 radical (unpaired) electrons. The highest BCUT2D eigenvalue weighted by atomic mass is 35.5. The van der Waals surface area contributed by atoms with E-state index in [0.29, 0.717) is 36.2 Å². The standard InChI is InChI=1S/C22H25ClN2O3/c1-3-28-22-19(23)15-17(16-20(22)27-2)9-10-21(26)25-13-11-24(12-14-25)18-7-5-4-6-8-18/h4-10,15-16H,3,11-14H2,1-2H3. The van der Waals surface area contributed by atoms with Crippen molar-refractivity contribution in [3.63, 3.8) is 0 Å². The van der Waals surface area contributed by atoms with Gasteiger partial charge in [-0.15, -0.1) is 0 Å². The minimum Gasteiger partial charge on any atom is -0.493 e. The second-order valence-electron chi connectivity index (χ2n) is 6.45. The Morgan fingerprint density at radius 2 is 1.86 bits per heavy atom. The van der Waals surface area contributed by atoms with Crippen molar-refractivity contribution < 1.29 is 14.3 Å². The highest BCUT2D eigenvalue weighted by Gasteiger charge is 2.19. The van der Waals surface area contributed by atoms with Gasteiger partial charge in [0.05, 0.1) is 18.7 Å². The van der Waals surface area contributed by atoms with Crippen LogP contribution in [0.25, 0.3) is 6.08 Å². The summed E-state index contributed by atoms with van der Waals surface area (Å²) < 4.78 is 10.9. The molecule has 0 aromatic heterocycles. The Morgan fingerprint density at radius 1 is 1.14 bits per heavy atom. The molecule has 1 aliphatic heterocycles. The highest BCUT2D eigenvalue weighted by molar-refractivity contribution is 6.32. The van der Waals surface area contributed by atoms with Crippen LogP contribution >= 0.6 is 11.6 Å². The molecule has 1 saturated heterocycles. The number of nitrogens with zero attached hydrogens (tertiary/aromatic N) is 2. The Labute approximate surface area is 171 Å². The molecular weight excluding hydrogens is 376 g/mol. The third-order valence-corrected chi connectivity index (χ3v) is 4.95. The monoisotopic (exact) mass is 400 g/mol. The summed E-state index contributed by atoms with van der Waals surface area (Å²) in [7, 11) is 1.57. The minimum absolute atomic E-state index is 0.00307. The molecule has 0 aliphatic carbocycles. The molecule has 0 N–H and O–H groups in total. The lowest BCUT2D eigenvalue weighted by Crippen LogP contribution is -2.48. The largest absolute Gasteiger partial charge is 0.493 e. The van der Waals surface area contributed by atoms with Crippen molar-refractivity contribution in [1.82, 2.24) is 4.90 Å². The quantitative estimate of drug-likeness (QED) is 0.684. The first-order valence-electron chi connectivity index (χ1n) is 9.39. The third kappa shape index (κ3) is 4.78. The van der Waals surface area contributed by atoms with Crippen molar-refractivity contribution in [2.75, 3.05) is 44.8 Å². The topological polar surface area (TPSA) is 42.0 Å². The maximum Gasteiger partial charge on any atom is 0.246 e. The Hall–Kier alpha value is -2.66. The van der Waals surface area contributed by atoms with E-state index in [4.69, 9.17) is 21.1 Å². The Morgan fingerprint density at radius 3 is 2.50 bits per heavy atom. The summed E-state index contributed by atoms with van der Waals surface area (Å²) in [5.74, 6) is 1.07. The van der Waals surface area contributed by atoms with Crippen LogP contribution in [-0.4, -0.2) is 50.7 Å². The average Bonchev–Trinajstić information content (AvgIpc) is 2.74. The van der Waals surface area contributed by atoms with E-state index in [9.17, 15) is 4.79 Å². The van der Waals surface area contributed by atoms with E-state index >= 15 is 0 Å². The number of rotatable bonds is 6. The van der Waals surface area contributed by atoms with E-state index in [2.05, 4.69) is 17.0 Å². The molecule has 148 valence electrons. The van der Waals surface area contributed by atoms with Crippen molar-refractivity contribution >= 4 is 29.3 Å². The zero-order chi connectivity index (χ0) is 19.9. The van der Waals surface area contributed by atoms with Crippen LogP contribution in [0.5, 0.6) is 11.5 Å². The number of methoxy groups -OCH3 is 1. The third-order valence-electron chi connectivity index (χ3n) is 4.67. The van der Waals surface area contributed by atoms with Crippen LogP contribution in [0.3, 0.4) is 0 Å². The van der Waals surface area contributed by atoms with Crippen LogP contribution in [0.15, 0.2) is 48.5 Å². The van der Waals surface area contributed by atoms with E-state index < -0.39 is 0 Å². The molecule has 3 rings (SSSR count). The van der Waals surface area contributed by atoms with E-state index in [-0.39, 0.29) is 5.91 Å². The Balaban J connectivity index is 1.62. The summed E-state index contributed by atoms with van der Waals surface area (Å²) in [6, 6.07) is 13.9. The van der Waals surface area contributed by atoms with Crippen LogP contribution in [-0.2, 0) is 4.79 Å². The highest BCUT2D eigenvalue weighted by Crippen LogP contribution is 2.36. The minimum atomic E-state index is -0.00307. The predicted octanol–water partition coefficient (Wildman–Crippen LogP) is 4.11. The van der Waals surface area contributed by atoms with Crippen LogP contribution in [0.2, 0.25) is 5.02 Å². The molecule has 1 amide bonds. The van der Waals surface area contributed by atoms with E-state index in [1.165, 1.54) is 5.69 Å².